The van der Waals surface area contributed by atoms with Crippen molar-refractivity contribution in [2.45, 2.75) is 63.6 Å². The number of carbonyl (C=O) groups excluding carboxylic acids is 1. The Labute approximate surface area is 218 Å². The number of nitrogens with one attached hydrogen (secondary N) is 1. The smallest absolute Gasteiger partial charge is 0.251 e. The second kappa shape index (κ2) is 10.9. The van der Waals surface area contributed by atoms with Crippen molar-refractivity contribution >= 4 is 16.5 Å². The summed E-state index contributed by atoms with van der Waals surface area (Å²) < 4.78 is 27.7. The van der Waals surface area contributed by atoms with Crippen LogP contribution in [0.5, 0.6) is 5.75 Å². The van der Waals surface area contributed by atoms with Crippen molar-refractivity contribution in [3.63, 3.8) is 0 Å². The maximum Gasteiger partial charge on any atom is 0.251 e. The number of fused-ring (bicyclic) bond motifs is 1. The number of imidazole rings is 1. The average Bonchev–Trinajstić information content (AvgIpc) is 3.39. The Kier molecular flexibility index (Phi) is 7.90. The van der Waals surface area contributed by atoms with E-state index in [1.165, 1.54) is 6.07 Å². The van der Waals surface area contributed by atoms with E-state index in [1.54, 1.807) is 23.6 Å². The van der Waals surface area contributed by atoms with Crippen LogP contribution in [0.4, 0.5) is 0 Å². The molecule has 9 nitrogen and oxygen atoms in total. The van der Waals surface area contributed by atoms with E-state index in [0.29, 0.717) is 47.3 Å². The second-order valence-electron chi connectivity index (χ2n) is 9.62. The monoisotopic (exact) mass is 524 g/mol. The summed E-state index contributed by atoms with van der Waals surface area (Å²) in [5, 5.41) is 22.8. The summed E-state index contributed by atoms with van der Waals surface area (Å²) in [5.74, 6) is 0.405. The Morgan fingerprint density at radius 1 is 1.22 bits per heavy atom. The first-order chi connectivity index (χ1) is 17.6. The number of benzene rings is 2. The minimum Gasteiger partial charge on any atom is -0.490 e. The third-order valence-electron chi connectivity index (χ3n) is 6.07. The predicted octanol–water partition coefficient (Wildman–Crippen LogP) is 4.44. The largest absolute Gasteiger partial charge is 0.490 e. The fraction of sp³-hybridized carbons (Fsp3) is 0.370. The first-order valence-electron chi connectivity index (χ1n) is 12.2. The van der Waals surface area contributed by atoms with Crippen LogP contribution in [0, 0.1) is 11.3 Å². The van der Waals surface area contributed by atoms with Gasteiger partial charge < -0.3 is 19.7 Å². The predicted molar refractivity (Wildman–Crippen MR) is 142 cm³/mol. The number of hydrogen-bond donors (Lipinski definition) is 4. The minimum absolute atomic E-state index is 0.0952. The molecule has 196 valence electrons. The van der Waals surface area contributed by atoms with Crippen molar-refractivity contribution in [1.29, 1.82) is 5.26 Å². The number of nitriles is 1. The van der Waals surface area contributed by atoms with Crippen LogP contribution in [-0.4, -0.2) is 53.7 Å². The van der Waals surface area contributed by atoms with Gasteiger partial charge in [0.25, 0.3) is 5.91 Å². The van der Waals surface area contributed by atoms with Gasteiger partial charge in [0.2, 0.25) is 5.16 Å². The molecule has 37 heavy (non-hydrogen) atoms. The van der Waals surface area contributed by atoms with Gasteiger partial charge in [0.05, 0.1) is 29.2 Å². The number of aliphatic hydroxyl groups excluding tert-OH is 1. The van der Waals surface area contributed by atoms with E-state index in [4.69, 9.17) is 4.74 Å². The topological polar surface area (TPSA) is 141 Å². The standard InChI is InChI=1S/C27H32N4O5S/c1-17(2)36-25-9-8-21(14-22(25)15-28)26(33)29-23(12-18(3)32)13-19-4-6-20(7-5-19)24-16-31-10-11-37(34,35)27(31)30-24/h4-9,14,16-18,23,32,34-35H,10-13H2,1-3H3,(H,29,33). The van der Waals surface area contributed by atoms with Crippen molar-refractivity contribution < 1.29 is 23.7 Å². The third kappa shape index (κ3) is 6.32. The fourth-order valence-corrected chi connectivity index (χ4v) is 5.76. The fourth-order valence-electron chi connectivity index (χ4n) is 4.36. The molecule has 0 fully saturated rings. The molecule has 4 rings (SSSR count). The summed E-state index contributed by atoms with van der Waals surface area (Å²) in [6.07, 6.45) is 1.97. The molecule has 3 aromatic rings. The Hall–Kier alpha value is -3.36. The molecule has 1 amide bonds. The summed E-state index contributed by atoms with van der Waals surface area (Å²) in [7, 11) is -2.81. The molecule has 0 aliphatic carbocycles. The molecule has 1 aliphatic rings. The van der Waals surface area contributed by atoms with Gasteiger partial charge in [-0.25, -0.2) is 4.98 Å². The molecule has 0 radical (unpaired) electrons. The highest BCUT2D eigenvalue weighted by Gasteiger charge is 2.29. The van der Waals surface area contributed by atoms with Crippen molar-refractivity contribution in [3.05, 3.63) is 65.4 Å². The number of aryl methyl sites for hydroxylation is 1. The molecule has 2 unspecified atom stereocenters. The van der Waals surface area contributed by atoms with Gasteiger partial charge in [0.15, 0.2) is 0 Å². The summed E-state index contributed by atoms with van der Waals surface area (Å²) >= 11 is 0. The van der Waals surface area contributed by atoms with E-state index < -0.39 is 16.7 Å². The molecule has 0 saturated carbocycles. The highest BCUT2D eigenvalue weighted by atomic mass is 32.3. The Morgan fingerprint density at radius 2 is 1.95 bits per heavy atom. The van der Waals surface area contributed by atoms with Gasteiger partial charge in [-0.3, -0.25) is 13.9 Å². The van der Waals surface area contributed by atoms with Gasteiger partial charge in [0.1, 0.15) is 11.8 Å². The number of carbonyl (C=O) groups is 1. The van der Waals surface area contributed by atoms with Crippen molar-refractivity contribution in [1.82, 2.24) is 14.9 Å². The third-order valence-corrected chi connectivity index (χ3v) is 7.73. The molecular weight excluding hydrogens is 492 g/mol. The maximum absolute atomic E-state index is 13.0. The van der Waals surface area contributed by atoms with E-state index in [1.807, 2.05) is 44.3 Å². The van der Waals surface area contributed by atoms with E-state index >= 15 is 0 Å². The zero-order valence-electron chi connectivity index (χ0n) is 21.1. The van der Waals surface area contributed by atoms with Crippen LogP contribution in [0.2, 0.25) is 0 Å². The van der Waals surface area contributed by atoms with Crippen molar-refractivity contribution in [2.75, 3.05) is 5.75 Å². The number of nitrogens with zero attached hydrogens (tertiary/aromatic N) is 3. The first-order valence-corrected chi connectivity index (χ1v) is 13.9. The van der Waals surface area contributed by atoms with Crippen LogP contribution in [0.25, 0.3) is 11.3 Å². The SMILES string of the molecule is CC(O)CC(Cc1ccc(-c2cn3c(n2)S(O)(O)CC3)cc1)NC(=O)c1ccc(OC(C)C)c(C#N)c1. The van der Waals surface area contributed by atoms with Crippen molar-refractivity contribution in [2.24, 2.45) is 0 Å². The lowest BCUT2D eigenvalue weighted by molar-refractivity contribution is 0.0917. The highest BCUT2D eigenvalue weighted by Crippen LogP contribution is 2.51. The van der Waals surface area contributed by atoms with Gasteiger partial charge in [0, 0.05) is 29.9 Å². The lowest BCUT2D eigenvalue weighted by Crippen LogP contribution is -2.38. The number of amides is 1. The van der Waals surface area contributed by atoms with Gasteiger partial charge in [-0.05, 0) is 57.4 Å². The molecule has 0 saturated heterocycles. The van der Waals surface area contributed by atoms with Crippen LogP contribution >= 0.6 is 10.6 Å². The maximum atomic E-state index is 13.0. The average molecular weight is 525 g/mol. The number of aromatic nitrogens is 2. The van der Waals surface area contributed by atoms with E-state index in [9.17, 15) is 24.3 Å². The van der Waals surface area contributed by atoms with E-state index in [-0.39, 0.29) is 23.6 Å². The van der Waals surface area contributed by atoms with Crippen LogP contribution in [0.1, 0.15) is 48.7 Å². The molecule has 0 spiro atoms. The van der Waals surface area contributed by atoms with Crippen LogP contribution < -0.4 is 10.1 Å². The van der Waals surface area contributed by atoms with Gasteiger partial charge in [-0.2, -0.15) is 5.26 Å². The zero-order chi connectivity index (χ0) is 26.7. The molecule has 2 atom stereocenters. The molecular formula is C27H32N4O5S. The molecule has 0 bridgehead atoms. The summed E-state index contributed by atoms with van der Waals surface area (Å²) in [5.41, 5.74) is 3.12. The van der Waals surface area contributed by atoms with Gasteiger partial charge in [-0.1, -0.05) is 24.3 Å². The summed E-state index contributed by atoms with van der Waals surface area (Å²) in [4.78, 5) is 17.4. The lowest BCUT2D eigenvalue weighted by atomic mass is 9.99. The molecule has 2 aromatic carbocycles. The van der Waals surface area contributed by atoms with Gasteiger partial charge in [-0.15, -0.1) is 10.6 Å². The van der Waals surface area contributed by atoms with Crippen LogP contribution in [0.15, 0.2) is 53.8 Å². The number of ether oxygens (including phenoxy) is 1. The second-order valence-corrected chi connectivity index (χ2v) is 11.7. The first kappa shape index (κ1) is 26.7. The molecule has 1 aliphatic heterocycles. The normalized spacial score (nSPS) is 16.5. The quantitative estimate of drug-likeness (QED) is 0.324. The van der Waals surface area contributed by atoms with Crippen LogP contribution in [0.3, 0.4) is 0 Å². The molecule has 2 heterocycles. The summed E-state index contributed by atoms with van der Waals surface area (Å²) in [6, 6.07) is 14.2. The molecule has 1 aromatic heterocycles. The number of aliphatic hydroxyl groups is 1. The zero-order valence-corrected chi connectivity index (χ0v) is 21.9. The van der Waals surface area contributed by atoms with E-state index in [0.717, 1.165) is 11.1 Å². The lowest BCUT2D eigenvalue weighted by Gasteiger charge is -2.23. The number of hydrogen-bond acceptors (Lipinski definition) is 7. The van der Waals surface area contributed by atoms with Crippen LogP contribution in [-0.2, 0) is 13.0 Å². The Balaban J connectivity index is 1.46. The van der Waals surface area contributed by atoms with E-state index in [2.05, 4.69) is 16.4 Å². The number of rotatable bonds is 9. The van der Waals surface area contributed by atoms with Gasteiger partial charge >= 0.3 is 0 Å². The summed E-state index contributed by atoms with van der Waals surface area (Å²) in [6.45, 7) is 5.95. The highest BCUT2D eigenvalue weighted by molar-refractivity contribution is 8.24. The Morgan fingerprint density at radius 3 is 2.57 bits per heavy atom. The Bertz CT molecular complexity index is 1310. The molecule has 4 N–H and O–H groups in total. The molecule has 10 heteroatoms. The minimum atomic E-state index is -2.81. The van der Waals surface area contributed by atoms with Crippen molar-refractivity contribution in [3.8, 4) is 23.1 Å².